The van der Waals surface area contributed by atoms with Crippen LogP contribution in [0.15, 0.2) is 97.1 Å². The van der Waals surface area contributed by atoms with Crippen molar-refractivity contribution < 1.29 is 14.3 Å². The standard InChI is InChI=1S/C31H27N5O3/c37-30(32-24-4-2-1-3-5-24)22-8-6-21(7-9-22)29-34-27-15-12-25(20-28(27)35-29)33-31(38)23-10-13-26(14-11-23)36-16-18-39-19-17-36/h1-15,20H,16-19H2,(H,32,37)(H,33,38)(H,34,35). The summed E-state index contributed by atoms with van der Waals surface area (Å²) in [6, 6.07) is 29.8. The number of hydrogen-bond acceptors (Lipinski definition) is 5. The Labute approximate surface area is 225 Å². The molecule has 0 atom stereocenters. The zero-order valence-corrected chi connectivity index (χ0v) is 21.2. The van der Waals surface area contributed by atoms with Gasteiger partial charge in [-0.05, 0) is 66.7 Å². The summed E-state index contributed by atoms with van der Waals surface area (Å²) in [6.45, 7) is 3.14. The molecule has 8 heteroatoms. The third-order valence-electron chi connectivity index (χ3n) is 6.70. The van der Waals surface area contributed by atoms with Gasteiger partial charge in [-0.15, -0.1) is 0 Å². The van der Waals surface area contributed by atoms with Crippen LogP contribution in [0.3, 0.4) is 0 Å². The molecule has 0 unspecified atom stereocenters. The minimum atomic E-state index is -0.178. The van der Waals surface area contributed by atoms with Crippen LogP contribution in [-0.4, -0.2) is 48.1 Å². The molecule has 1 saturated heterocycles. The van der Waals surface area contributed by atoms with Crippen LogP contribution in [-0.2, 0) is 4.74 Å². The molecule has 0 aliphatic carbocycles. The summed E-state index contributed by atoms with van der Waals surface area (Å²) in [6.07, 6.45) is 0. The number of benzene rings is 4. The van der Waals surface area contributed by atoms with Crippen molar-refractivity contribution in [1.82, 2.24) is 9.97 Å². The second kappa shape index (κ2) is 10.8. The summed E-state index contributed by atoms with van der Waals surface area (Å²) in [5, 5.41) is 5.85. The van der Waals surface area contributed by atoms with Crippen LogP contribution < -0.4 is 15.5 Å². The molecule has 0 saturated carbocycles. The average molecular weight is 518 g/mol. The lowest BCUT2D eigenvalue weighted by Gasteiger charge is -2.28. The van der Waals surface area contributed by atoms with Crippen LogP contribution in [0.2, 0.25) is 0 Å². The number of carbonyl (C=O) groups excluding carboxylic acids is 2. The zero-order chi connectivity index (χ0) is 26.6. The summed E-state index contributed by atoms with van der Waals surface area (Å²) >= 11 is 0. The summed E-state index contributed by atoms with van der Waals surface area (Å²) < 4.78 is 5.41. The predicted octanol–water partition coefficient (Wildman–Crippen LogP) is 5.57. The lowest BCUT2D eigenvalue weighted by atomic mass is 10.1. The quantitative estimate of drug-likeness (QED) is 0.273. The molecule has 0 radical (unpaired) electrons. The highest BCUT2D eigenvalue weighted by Crippen LogP contribution is 2.24. The van der Waals surface area contributed by atoms with E-state index in [1.165, 1.54) is 0 Å². The molecule has 39 heavy (non-hydrogen) atoms. The third kappa shape index (κ3) is 5.51. The fourth-order valence-corrected chi connectivity index (χ4v) is 4.57. The highest BCUT2D eigenvalue weighted by atomic mass is 16.5. The number of carbonyl (C=O) groups is 2. The number of aromatic nitrogens is 2. The van der Waals surface area contributed by atoms with E-state index in [-0.39, 0.29) is 11.8 Å². The number of hydrogen-bond donors (Lipinski definition) is 3. The predicted molar refractivity (Wildman–Crippen MR) is 153 cm³/mol. The first-order valence-corrected chi connectivity index (χ1v) is 12.8. The first kappa shape index (κ1) is 24.4. The Morgan fingerprint density at radius 3 is 2.08 bits per heavy atom. The number of anilines is 3. The molecule has 2 amide bonds. The molecule has 0 bridgehead atoms. The van der Waals surface area contributed by atoms with Gasteiger partial charge in [0.05, 0.1) is 24.2 Å². The highest BCUT2D eigenvalue weighted by molar-refractivity contribution is 6.05. The van der Waals surface area contributed by atoms with E-state index in [0.29, 0.717) is 22.6 Å². The van der Waals surface area contributed by atoms with E-state index in [1.54, 1.807) is 12.1 Å². The van der Waals surface area contributed by atoms with E-state index in [9.17, 15) is 9.59 Å². The number of fused-ring (bicyclic) bond motifs is 1. The lowest BCUT2D eigenvalue weighted by molar-refractivity contribution is 0.101. The van der Waals surface area contributed by atoms with E-state index >= 15 is 0 Å². The number of amides is 2. The Kier molecular flexibility index (Phi) is 6.76. The molecule has 4 aromatic carbocycles. The van der Waals surface area contributed by atoms with Gasteiger partial charge < -0.3 is 25.3 Å². The fourth-order valence-electron chi connectivity index (χ4n) is 4.57. The van der Waals surface area contributed by atoms with E-state index in [2.05, 4.69) is 20.5 Å². The molecule has 1 fully saturated rings. The topological polar surface area (TPSA) is 99.3 Å². The van der Waals surface area contributed by atoms with Crippen molar-refractivity contribution in [2.75, 3.05) is 41.8 Å². The Bertz CT molecular complexity index is 1610. The molecule has 194 valence electrons. The number of rotatable bonds is 6. The van der Waals surface area contributed by atoms with E-state index in [0.717, 1.165) is 54.3 Å². The molecule has 2 heterocycles. The van der Waals surface area contributed by atoms with Gasteiger partial charge in [0.15, 0.2) is 0 Å². The molecule has 0 spiro atoms. The van der Waals surface area contributed by atoms with Gasteiger partial charge in [-0.25, -0.2) is 4.98 Å². The second-order valence-corrected chi connectivity index (χ2v) is 9.32. The maximum absolute atomic E-state index is 12.9. The van der Waals surface area contributed by atoms with Crippen molar-refractivity contribution in [2.45, 2.75) is 0 Å². The van der Waals surface area contributed by atoms with Crippen molar-refractivity contribution in [3.63, 3.8) is 0 Å². The van der Waals surface area contributed by atoms with Crippen LogP contribution in [0, 0.1) is 0 Å². The first-order valence-electron chi connectivity index (χ1n) is 12.8. The minimum Gasteiger partial charge on any atom is -0.378 e. The van der Waals surface area contributed by atoms with Gasteiger partial charge in [-0.2, -0.15) is 0 Å². The van der Waals surface area contributed by atoms with E-state index in [4.69, 9.17) is 9.72 Å². The number of ether oxygens (including phenoxy) is 1. The first-order chi connectivity index (χ1) is 19.1. The molecule has 5 aromatic rings. The molecule has 1 aliphatic heterocycles. The van der Waals surface area contributed by atoms with Gasteiger partial charge >= 0.3 is 0 Å². The Morgan fingerprint density at radius 2 is 1.38 bits per heavy atom. The highest BCUT2D eigenvalue weighted by Gasteiger charge is 2.14. The summed E-state index contributed by atoms with van der Waals surface area (Å²) in [5.74, 6) is 0.332. The normalized spacial score (nSPS) is 13.3. The maximum Gasteiger partial charge on any atom is 0.255 e. The fraction of sp³-hybridized carbons (Fsp3) is 0.129. The lowest BCUT2D eigenvalue weighted by Crippen LogP contribution is -2.36. The summed E-state index contributed by atoms with van der Waals surface area (Å²) in [7, 11) is 0. The second-order valence-electron chi connectivity index (χ2n) is 9.32. The number of nitrogens with zero attached hydrogens (tertiary/aromatic N) is 2. The smallest absolute Gasteiger partial charge is 0.255 e. The molecular weight excluding hydrogens is 490 g/mol. The van der Waals surface area contributed by atoms with Gasteiger partial charge in [-0.3, -0.25) is 9.59 Å². The van der Waals surface area contributed by atoms with Gasteiger partial charge in [0.25, 0.3) is 11.8 Å². The van der Waals surface area contributed by atoms with Crippen LogP contribution >= 0.6 is 0 Å². The number of imidazole rings is 1. The number of morpholine rings is 1. The molecule has 3 N–H and O–H groups in total. The van der Waals surface area contributed by atoms with Crippen LogP contribution in [0.5, 0.6) is 0 Å². The van der Waals surface area contributed by atoms with Crippen LogP contribution in [0.25, 0.3) is 22.4 Å². The molecule has 8 nitrogen and oxygen atoms in total. The number of H-pyrrole nitrogens is 1. The molecule has 1 aliphatic rings. The molecule has 6 rings (SSSR count). The monoisotopic (exact) mass is 517 g/mol. The zero-order valence-electron chi connectivity index (χ0n) is 21.2. The largest absolute Gasteiger partial charge is 0.378 e. The van der Waals surface area contributed by atoms with Gasteiger partial charge in [-0.1, -0.05) is 30.3 Å². The molecule has 1 aromatic heterocycles. The average Bonchev–Trinajstić information content (AvgIpc) is 3.42. The van der Waals surface area contributed by atoms with Crippen molar-refractivity contribution >= 4 is 39.9 Å². The Balaban J connectivity index is 1.13. The van der Waals surface area contributed by atoms with Gasteiger partial charge in [0.2, 0.25) is 0 Å². The van der Waals surface area contributed by atoms with Crippen LogP contribution in [0.4, 0.5) is 17.1 Å². The summed E-state index contributed by atoms with van der Waals surface area (Å²) in [4.78, 5) is 35.7. The third-order valence-corrected chi connectivity index (χ3v) is 6.70. The van der Waals surface area contributed by atoms with Crippen LogP contribution in [0.1, 0.15) is 20.7 Å². The number of nitrogens with one attached hydrogen (secondary N) is 3. The number of aromatic amines is 1. The van der Waals surface area contributed by atoms with Crippen molar-refractivity contribution in [2.24, 2.45) is 0 Å². The maximum atomic E-state index is 12.9. The Morgan fingerprint density at radius 1 is 0.744 bits per heavy atom. The van der Waals surface area contributed by atoms with E-state index in [1.807, 2.05) is 84.9 Å². The minimum absolute atomic E-state index is 0.173. The van der Waals surface area contributed by atoms with Crippen molar-refractivity contribution in [1.29, 1.82) is 0 Å². The SMILES string of the molecule is O=C(Nc1ccccc1)c1ccc(-c2nc3cc(NC(=O)c4ccc(N5CCOCC5)cc4)ccc3[nH]2)cc1. The molecular formula is C31H27N5O3. The van der Waals surface area contributed by atoms with Gasteiger partial charge in [0, 0.05) is 46.8 Å². The summed E-state index contributed by atoms with van der Waals surface area (Å²) in [5.41, 5.74) is 6.08. The number of para-hydroxylation sites is 1. The Hall–Kier alpha value is -4.95. The van der Waals surface area contributed by atoms with Gasteiger partial charge in [0.1, 0.15) is 5.82 Å². The van der Waals surface area contributed by atoms with Crippen molar-refractivity contribution in [3.05, 3.63) is 108 Å². The van der Waals surface area contributed by atoms with E-state index < -0.39 is 0 Å². The van der Waals surface area contributed by atoms with Crippen molar-refractivity contribution in [3.8, 4) is 11.4 Å².